The second-order valence-corrected chi connectivity index (χ2v) is 11.0. The zero-order valence-corrected chi connectivity index (χ0v) is 24.4. The average molecular weight is 574 g/mol. The first-order valence-corrected chi connectivity index (χ1v) is 14.6. The first kappa shape index (κ1) is 30.0. The third-order valence-electron chi connectivity index (χ3n) is 6.44. The summed E-state index contributed by atoms with van der Waals surface area (Å²) in [6.45, 7) is 7.87. The number of carbonyl (C=O) groups is 1. The minimum atomic E-state index is -0.337. The van der Waals surface area contributed by atoms with Crippen molar-refractivity contribution in [3.8, 4) is 0 Å². The number of aromatic nitrogens is 5. The van der Waals surface area contributed by atoms with E-state index in [0.717, 1.165) is 54.2 Å². The van der Waals surface area contributed by atoms with Crippen molar-refractivity contribution in [2.75, 3.05) is 18.4 Å². The molecule has 0 radical (unpaired) electrons. The van der Waals surface area contributed by atoms with Crippen LogP contribution in [0.1, 0.15) is 61.1 Å². The van der Waals surface area contributed by atoms with Crippen LogP contribution < -0.4 is 5.32 Å². The molecule has 2 aromatic heterocycles. The Morgan fingerprint density at radius 3 is 2.68 bits per heavy atom. The highest BCUT2D eigenvalue weighted by Crippen LogP contribution is 2.33. The quantitative estimate of drug-likeness (QED) is 0.213. The molecule has 8 nitrogen and oxygen atoms in total. The van der Waals surface area contributed by atoms with Gasteiger partial charge in [0, 0.05) is 49.4 Å². The van der Waals surface area contributed by atoms with Crippen molar-refractivity contribution >= 4 is 29.4 Å². The number of nitrogens with zero attached hydrogens (tertiary/aromatic N) is 5. The fourth-order valence-corrected chi connectivity index (χ4v) is 5.27. The van der Waals surface area contributed by atoms with Gasteiger partial charge in [0.2, 0.25) is 0 Å². The number of halogens is 1. The molecule has 1 aliphatic heterocycles. The van der Waals surface area contributed by atoms with Crippen LogP contribution in [0.15, 0.2) is 91.1 Å². The molecular weight excluding hydrogens is 537 g/mol. The lowest BCUT2D eigenvalue weighted by Gasteiger charge is -2.30. The molecule has 1 aliphatic rings. The van der Waals surface area contributed by atoms with Crippen molar-refractivity contribution in [3.63, 3.8) is 0 Å². The minimum absolute atomic E-state index is 0.212. The number of rotatable bonds is 9. The molecule has 3 heterocycles. The number of aromatic amines is 1. The van der Waals surface area contributed by atoms with Gasteiger partial charge in [-0.2, -0.15) is 10.2 Å². The Labute approximate surface area is 244 Å². The number of anilines is 1. The summed E-state index contributed by atoms with van der Waals surface area (Å²) in [4.78, 5) is 17.4. The Kier molecular flexibility index (Phi) is 11.0. The fraction of sp³-hybridized carbons (Fsp3) is 0.290. The van der Waals surface area contributed by atoms with E-state index in [1.54, 1.807) is 35.1 Å². The third-order valence-corrected chi connectivity index (χ3v) is 7.63. The van der Waals surface area contributed by atoms with E-state index in [0.29, 0.717) is 11.4 Å². The van der Waals surface area contributed by atoms with E-state index in [4.69, 9.17) is 5.10 Å². The van der Waals surface area contributed by atoms with Crippen LogP contribution >= 0.6 is 11.9 Å². The first-order chi connectivity index (χ1) is 19.9. The van der Waals surface area contributed by atoms with Crippen LogP contribution in [-0.2, 0) is 5.75 Å². The lowest BCUT2D eigenvalue weighted by Crippen LogP contribution is -2.28. The van der Waals surface area contributed by atoms with Gasteiger partial charge in [-0.05, 0) is 69.5 Å². The van der Waals surface area contributed by atoms with Gasteiger partial charge in [0.1, 0.15) is 11.6 Å². The maximum absolute atomic E-state index is 13.3. The van der Waals surface area contributed by atoms with Crippen molar-refractivity contribution < 1.29 is 9.18 Å². The van der Waals surface area contributed by atoms with Crippen molar-refractivity contribution in [1.29, 1.82) is 0 Å². The Bertz CT molecular complexity index is 1420. The van der Waals surface area contributed by atoms with Gasteiger partial charge >= 0.3 is 0 Å². The van der Waals surface area contributed by atoms with Gasteiger partial charge in [0.25, 0.3) is 5.91 Å². The summed E-state index contributed by atoms with van der Waals surface area (Å²) in [5.74, 6) is 1.10. The molecule has 0 bridgehead atoms. The lowest BCUT2D eigenvalue weighted by molar-refractivity contribution is 0.102. The zero-order chi connectivity index (χ0) is 29.0. The van der Waals surface area contributed by atoms with E-state index >= 15 is 0 Å². The van der Waals surface area contributed by atoms with Gasteiger partial charge in [0.05, 0.1) is 23.2 Å². The maximum atomic E-state index is 13.3. The molecule has 10 heteroatoms. The molecule has 1 fully saturated rings. The Balaban J connectivity index is 1.54. The maximum Gasteiger partial charge on any atom is 0.260 e. The number of benzene rings is 1. The van der Waals surface area contributed by atoms with Gasteiger partial charge in [-0.3, -0.25) is 19.2 Å². The predicted molar refractivity (Wildman–Crippen MR) is 164 cm³/mol. The van der Waals surface area contributed by atoms with Crippen LogP contribution in [-0.4, -0.2) is 48.3 Å². The number of amides is 1. The SMILES string of the molecule is C/C=C\C(=C/C=C(C)C)n1nc(C2CCN(SCc3ccc(F)cc3)CC2)cc1NC(=O)c1cnccc[nH]nc1. The van der Waals surface area contributed by atoms with Crippen LogP contribution in [0.5, 0.6) is 0 Å². The van der Waals surface area contributed by atoms with Crippen LogP contribution in [0.3, 0.4) is 0 Å². The van der Waals surface area contributed by atoms with Crippen molar-refractivity contribution in [1.82, 2.24) is 29.3 Å². The summed E-state index contributed by atoms with van der Waals surface area (Å²) < 4.78 is 17.4. The number of allylic oxidation sites excluding steroid dienone is 6. The first-order valence-electron chi connectivity index (χ1n) is 13.6. The summed E-state index contributed by atoms with van der Waals surface area (Å²) in [6, 6.07) is 10.4. The Morgan fingerprint density at radius 1 is 1.17 bits per heavy atom. The number of nitrogens with one attached hydrogen (secondary N) is 2. The monoisotopic (exact) mass is 573 g/mol. The summed E-state index contributed by atoms with van der Waals surface area (Å²) in [5.41, 5.74) is 4.34. The molecule has 0 unspecified atom stereocenters. The summed E-state index contributed by atoms with van der Waals surface area (Å²) in [6.07, 6.45) is 16.0. The average Bonchev–Trinajstić information content (AvgIpc) is 3.43. The number of hydrogen-bond acceptors (Lipinski definition) is 6. The van der Waals surface area contributed by atoms with E-state index in [-0.39, 0.29) is 17.6 Å². The smallest absolute Gasteiger partial charge is 0.260 e. The van der Waals surface area contributed by atoms with Crippen molar-refractivity contribution in [2.24, 2.45) is 0 Å². The molecule has 1 amide bonds. The molecule has 2 N–H and O–H groups in total. The molecule has 41 heavy (non-hydrogen) atoms. The molecular formula is C31H36FN7OS. The second-order valence-electron chi connectivity index (χ2n) is 9.89. The summed E-state index contributed by atoms with van der Waals surface area (Å²) in [5, 5.41) is 14.8. The van der Waals surface area contributed by atoms with Crippen molar-refractivity contribution in [3.05, 3.63) is 114 Å². The van der Waals surface area contributed by atoms with E-state index in [2.05, 4.69) is 24.8 Å². The van der Waals surface area contributed by atoms with E-state index in [1.165, 1.54) is 24.5 Å². The van der Waals surface area contributed by atoms with Gasteiger partial charge in [0.15, 0.2) is 0 Å². The molecule has 3 aromatic rings. The van der Waals surface area contributed by atoms with E-state index < -0.39 is 0 Å². The van der Waals surface area contributed by atoms with Gasteiger partial charge in [-0.25, -0.2) is 9.07 Å². The molecule has 0 aliphatic carbocycles. The number of carbonyl (C=O) groups excluding carboxylic acids is 1. The second kappa shape index (κ2) is 15.1. The normalized spacial score (nSPS) is 14.6. The Morgan fingerprint density at radius 2 is 1.95 bits per heavy atom. The molecule has 1 saturated heterocycles. The lowest BCUT2D eigenvalue weighted by atomic mass is 9.95. The standard InChI is InChI=1S/C31H36FN7OS/c1-4-6-28(12-7-23(2)3)39-30(36-31(40)26-20-33-15-5-16-34-35-21-26)19-29(37-39)25-13-17-38(18-14-25)41-22-24-8-10-27(32)11-9-24/h4-12,15-16,19-21,25,34H,13-14,17-18,22H2,1-3H3,(H,36,40)/b6-4-,16-5?,26-20?,28-12+,33-15?,35-21?. The van der Waals surface area contributed by atoms with E-state index in [9.17, 15) is 9.18 Å². The minimum Gasteiger partial charge on any atom is -0.306 e. The van der Waals surface area contributed by atoms with Crippen LogP contribution in [0.25, 0.3) is 5.70 Å². The van der Waals surface area contributed by atoms with Crippen LogP contribution in [0.4, 0.5) is 10.2 Å². The summed E-state index contributed by atoms with van der Waals surface area (Å²) >= 11 is 1.78. The molecule has 1 aromatic carbocycles. The van der Waals surface area contributed by atoms with E-state index in [1.807, 2.05) is 63.3 Å². The third kappa shape index (κ3) is 8.99. The molecule has 4 rings (SSSR count). The predicted octanol–water partition coefficient (Wildman–Crippen LogP) is 6.93. The number of H-pyrrole nitrogens is 1. The zero-order valence-electron chi connectivity index (χ0n) is 23.6. The van der Waals surface area contributed by atoms with Crippen LogP contribution in [0, 0.1) is 5.82 Å². The highest BCUT2D eigenvalue weighted by Gasteiger charge is 2.25. The van der Waals surface area contributed by atoms with Gasteiger partial charge in [-0.1, -0.05) is 41.8 Å². The van der Waals surface area contributed by atoms with Gasteiger partial charge < -0.3 is 5.32 Å². The molecule has 0 spiro atoms. The number of hydrogen-bond donors (Lipinski definition) is 2. The Hall–Kier alpha value is -4.02. The molecule has 0 saturated carbocycles. The van der Waals surface area contributed by atoms with Gasteiger partial charge in [-0.15, -0.1) is 0 Å². The fourth-order valence-electron chi connectivity index (χ4n) is 4.28. The number of piperidine rings is 1. The van der Waals surface area contributed by atoms with Crippen molar-refractivity contribution in [2.45, 2.75) is 45.3 Å². The highest BCUT2D eigenvalue weighted by atomic mass is 32.2. The van der Waals surface area contributed by atoms with Crippen LogP contribution in [0.2, 0.25) is 0 Å². The topological polar surface area (TPSA) is 91.7 Å². The highest BCUT2D eigenvalue weighted by molar-refractivity contribution is 7.96. The molecule has 214 valence electrons. The molecule has 0 atom stereocenters. The largest absolute Gasteiger partial charge is 0.306 e. The summed E-state index contributed by atoms with van der Waals surface area (Å²) in [7, 11) is 0.